The van der Waals surface area contributed by atoms with Crippen molar-refractivity contribution in [2.24, 2.45) is 5.92 Å². The molecular formula is C23H36N4O5S. The monoisotopic (exact) mass is 480 g/mol. The molecule has 3 heterocycles. The minimum Gasteiger partial charge on any atom is -0.486 e. The van der Waals surface area contributed by atoms with Crippen LogP contribution < -0.4 is 14.8 Å². The molecule has 1 aromatic carbocycles. The van der Waals surface area contributed by atoms with Crippen molar-refractivity contribution in [1.29, 1.82) is 0 Å². The third-order valence-corrected chi connectivity index (χ3v) is 8.73. The van der Waals surface area contributed by atoms with Gasteiger partial charge in [0.15, 0.2) is 11.5 Å². The Labute approximate surface area is 197 Å². The number of piperazine rings is 1. The lowest BCUT2D eigenvalue weighted by atomic mass is 9.97. The first kappa shape index (κ1) is 24.3. The van der Waals surface area contributed by atoms with Crippen molar-refractivity contribution in [2.75, 3.05) is 72.1 Å². The zero-order valence-corrected chi connectivity index (χ0v) is 20.3. The van der Waals surface area contributed by atoms with Crippen LogP contribution in [-0.4, -0.2) is 101 Å². The van der Waals surface area contributed by atoms with Gasteiger partial charge in [-0.15, -0.1) is 0 Å². The van der Waals surface area contributed by atoms with E-state index in [2.05, 4.69) is 22.0 Å². The molecule has 2 saturated heterocycles. The summed E-state index contributed by atoms with van der Waals surface area (Å²) in [4.78, 5) is 17.7. The smallest absolute Gasteiger partial charge is 0.243 e. The molecule has 0 atom stereocenters. The number of piperidine rings is 1. The van der Waals surface area contributed by atoms with Crippen LogP contribution in [-0.2, 0) is 14.8 Å². The molecule has 33 heavy (non-hydrogen) atoms. The van der Waals surface area contributed by atoms with Gasteiger partial charge in [0.05, 0.1) is 4.90 Å². The largest absolute Gasteiger partial charge is 0.486 e. The van der Waals surface area contributed by atoms with Gasteiger partial charge < -0.3 is 24.6 Å². The second-order valence-electron chi connectivity index (χ2n) is 8.90. The molecule has 4 rings (SSSR count). The molecule has 3 aliphatic rings. The number of carbonyl (C=O) groups is 1. The van der Waals surface area contributed by atoms with Gasteiger partial charge in [0, 0.05) is 57.8 Å². The normalized spacial score (nSPS) is 21.1. The Morgan fingerprint density at radius 2 is 1.67 bits per heavy atom. The maximum absolute atomic E-state index is 13.1. The van der Waals surface area contributed by atoms with E-state index in [0.717, 1.165) is 45.7 Å². The van der Waals surface area contributed by atoms with Gasteiger partial charge in [0.2, 0.25) is 15.9 Å². The van der Waals surface area contributed by atoms with E-state index in [1.54, 1.807) is 12.1 Å². The third-order valence-electron chi connectivity index (χ3n) is 6.84. The Kier molecular flexibility index (Phi) is 8.11. The first-order valence-corrected chi connectivity index (χ1v) is 13.5. The Morgan fingerprint density at radius 3 is 2.36 bits per heavy atom. The highest BCUT2D eigenvalue weighted by Gasteiger charge is 2.32. The van der Waals surface area contributed by atoms with E-state index < -0.39 is 10.0 Å². The summed E-state index contributed by atoms with van der Waals surface area (Å²) in [5.74, 6) is 0.939. The lowest BCUT2D eigenvalue weighted by molar-refractivity contribution is -0.126. The lowest BCUT2D eigenvalue weighted by Crippen LogP contribution is -2.47. The number of nitrogens with one attached hydrogen (secondary N) is 1. The predicted molar refractivity (Wildman–Crippen MR) is 125 cm³/mol. The number of hydrogen-bond donors (Lipinski definition) is 1. The van der Waals surface area contributed by atoms with E-state index in [-0.39, 0.29) is 16.7 Å². The third kappa shape index (κ3) is 5.98. The second-order valence-corrected chi connectivity index (χ2v) is 10.8. The topological polar surface area (TPSA) is 91.4 Å². The van der Waals surface area contributed by atoms with Gasteiger partial charge in [-0.05, 0) is 44.5 Å². The SMILES string of the molecule is CCN1CCN(CCCNC(=O)C2CCN(S(=O)(=O)c3ccc4c(c3)OCCO4)CC2)CC1. The van der Waals surface area contributed by atoms with Gasteiger partial charge in [0.1, 0.15) is 13.2 Å². The van der Waals surface area contributed by atoms with Gasteiger partial charge in [-0.1, -0.05) is 6.92 Å². The van der Waals surface area contributed by atoms with Gasteiger partial charge in [-0.2, -0.15) is 4.31 Å². The van der Waals surface area contributed by atoms with Crippen LogP contribution >= 0.6 is 0 Å². The Bertz CT molecular complexity index is 909. The number of likely N-dealkylation sites (N-methyl/N-ethyl adjacent to an activating group) is 1. The van der Waals surface area contributed by atoms with Crippen molar-refractivity contribution in [3.63, 3.8) is 0 Å². The highest BCUT2D eigenvalue weighted by molar-refractivity contribution is 7.89. The van der Waals surface area contributed by atoms with Crippen LogP contribution in [0.5, 0.6) is 11.5 Å². The first-order valence-electron chi connectivity index (χ1n) is 12.1. The van der Waals surface area contributed by atoms with E-state index >= 15 is 0 Å². The van der Waals surface area contributed by atoms with E-state index in [4.69, 9.17) is 9.47 Å². The van der Waals surface area contributed by atoms with Crippen LogP contribution in [0.4, 0.5) is 0 Å². The van der Waals surface area contributed by atoms with Crippen molar-refractivity contribution >= 4 is 15.9 Å². The molecule has 9 nitrogen and oxygen atoms in total. The summed E-state index contributed by atoms with van der Waals surface area (Å²) in [6, 6.07) is 4.74. The van der Waals surface area contributed by atoms with Gasteiger partial charge >= 0.3 is 0 Å². The quantitative estimate of drug-likeness (QED) is 0.555. The van der Waals surface area contributed by atoms with E-state index in [9.17, 15) is 13.2 Å². The van der Waals surface area contributed by atoms with Crippen LogP contribution in [0.25, 0.3) is 0 Å². The lowest BCUT2D eigenvalue weighted by Gasteiger charge is -2.34. The molecule has 0 aliphatic carbocycles. The standard InChI is InChI=1S/C23H36N4O5S/c1-2-25-12-14-26(15-13-25)9-3-8-24-23(28)19-6-10-27(11-7-19)33(29,30)20-4-5-21-22(18-20)32-17-16-31-21/h4-5,18-19H,2-3,6-17H2,1H3,(H,24,28). The van der Waals surface area contributed by atoms with Gasteiger partial charge in [-0.25, -0.2) is 8.42 Å². The summed E-state index contributed by atoms with van der Waals surface area (Å²) in [6.45, 7) is 11.0. The summed E-state index contributed by atoms with van der Waals surface area (Å²) >= 11 is 0. The molecule has 1 N–H and O–H groups in total. The van der Waals surface area contributed by atoms with Crippen LogP contribution in [0.3, 0.4) is 0 Å². The molecule has 184 valence electrons. The predicted octanol–water partition coefficient (Wildman–Crippen LogP) is 1.00. The molecule has 10 heteroatoms. The maximum atomic E-state index is 13.1. The number of carbonyl (C=O) groups excluding carboxylic acids is 1. The van der Waals surface area contributed by atoms with Crippen molar-refractivity contribution in [2.45, 2.75) is 31.1 Å². The number of amides is 1. The van der Waals surface area contributed by atoms with Crippen LogP contribution in [0.2, 0.25) is 0 Å². The van der Waals surface area contributed by atoms with Crippen molar-refractivity contribution in [1.82, 2.24) is 19.4 Å². The molecule has 0 radical (unpaired) electrons. The number of nitrogens with zero attached hydrogens (tertiary/aromatic N) is 3. The summed E-state index contributed by atoms with van der Waals surface area (Å²) in [6.07, 6.45) is 2.01. The molecule has 0 aromatic heterocycles. The second kappa shape index (κ2) is 11.0. The Morgan fingerprint density at radius 1 is 1.00 bits per heavy atom. The maximum Gasteiger partial charge on any atom is 0.243 e. The van der Waals surface area contributed by atoms with E-state index in [1.165, 1.54) is 10.4 Å². The van der Waals surface area contributed by atoms with Crippen LogP contribution in [0.1, 0.15) is 26.2 Å². The Hall–Kier alpha value is -1.88. The highest BCUT2D eigenvalue weighted by Crippen LogP contribution is 2.34. The van der Waals surface area contributed by atoms with Gasteiger partial charge in [0.25, 0.3) is 0 Å². The molecule has 3 aliphatic heterocycles. The highest BCUT2D eigenvalue weighted by atomic mass is 32.2. The molecule has 0 saturated carbocycles. The summed E-state index contributed by atoms with van der Waals surface area (Å²) in [5.41, 5.74) is 0. The van der Waals surface area contributed by atoms with Gasteiger partial charge in [-0.3, -0.25) is 4.79 Å². The van der Waals surface area contributed by atoms with Crippen molar-refractivity contribution < 1.29 is 22.7 Å². The number of benzene rings is 1. The summed E-state index contributed by atoms with van der Waals surface area (Å²) < 4.78 is 38.6. The molecule has 1 aromatic rings. The number of hydrogen-bond acceptors (Lipinski definition) is 7. The van der Waals surface area contributed by atoms with E-state index in [0.29, 0.717) is 57.2 Å². The molecule has 2 fully saturated rings. The van der Waals surface area contributed by atoms with Crippen molar-refractivity contribution in [3.05, 3.63) is 18.2 Å². The minimum atomic E-state index is -3.63. The fourth-order valence-corrected chi connectivity index (χ4v) is 6.16. The molecule has 0 spiro atoms. The molecule has 1 amide bonds. The number of ether oxygens (including phenoxy) is 2. The van der Waals surface area contributed by atoms with Crippen molar-refractivity contribution in [3.8, 4) is 11.5 Å². The van der Waals surface area contributed by atoms with Crippen LogP contribution in [0, 0.1) is 5.92 Å². The zero-order valence-electron chi connectivity index (χ0n) is 19.5. The zero-order chi connectivity index (χ0) is 23.3. The fraction of sp³-hybridized carbons (Fsp3) is 0.696. The fourth-order valence-electron chi connectivity index (χ4n) is 4.68. The molecular weight excluding hydrogens is 444 g/mol. The summed E-state index contributed by atoms with van der Waals surface area (Å²) in [5, 5.41) is 3.06. The van der Waals surface area contributed by atoms with E-state index in [1.807, 2.05) is 0 Å². The summed E-state index contributed by atoms with van der Waals surface area (Å²) in [7, 11) is -3.63. The number of sulfonamides is 1. The average molecular weight is 481 g/mol. The number of rotatable bonds is 8. The molecule has 0 unspecified atom stereocenters. The Balaban J connectivity index is 1.19. The minimum absolute atomic E-state index is 0.0437. The first-order chi connectivity index (χ1) is 16.0. The van der Waals surface area contributed by atoms with Crippen LogP contribution in [0.15, 0.2) is 23.1 Å². The molecule has 0 bridgehead atoms. The average Bonchev–Trinajstić information content (AvgIpc) is 2.86. The number of fused-ring (bicyclic) bond motifs is 1.